The lowest BCUT2D eigenvalue weighted by molar-refractivity contribution is -0.116. The molecule has 0 radical (unpaired) electrons. The van der Waals surface area contributed by atoms with Crippen LogP contribution in [0.2, 0.25) is 0 Å². The highest BCUT2D eigenvalue weighted by atomic mass is 32.2. The van der Waals surface area contributed by atoms with Crippen LogP contribution in [0, 0.1) is 5.82 Å². The number of halogens is 1. The molecule has 35 heavy (non-hydrogen) atoms. The van der Waals surface area contributed by atoms with E-state index in [1.165, 1.54) is 49.1 Å². The van der Waals surface area contributed by atoms with Crippen molar-refractivity contribution >= 4 is 32.3 Å². The number of carbonyl (C=O) groups is 1. The number of hydrogen-bond acceptors (Lipinski definition) is 6. The number of rotatable bonds is 7. The molecule has 0 saturated heterocycles. The number of aromatic nitrogens is 1. The lowest BCUT2D eigenvalue weighted by Crippen LogP contribution is -2.24. The fourth-order valence-corrected chi connectivity index (χ4v) is 5.03. The monoisotopic (exact) mass is 496 g/mol. The average molecular weight is 497 g/mol. The van der Waals surface area contributed by atoms with Crippen molar-refractivity contribution in [3.05, 3.63) is 89.0 Å². The highest BCUT2D eigenvalue weighted by Gasteiger charge is 2.24. The van der Waals surface area contributed by atoms with Crippen LogP contribution in [0.25, 0.3) is 10.9 Å². The van der Waals surface area contributed by atoms with Crippen molar-refractivity contribution < 1.29 is 27.1 Å². The van der Waals surface area contributed by atoms with Gasteiger partial charge in [0.25, 0.3) is 0 Å². The van der Waals surface area contributed by atoms with E-state index in [-0.39, 0.29) is 22.3 Å². The molecule has 0 aliphatic rings. The van der Waals surface area contributed by atoms with Gasteiger partial charge in [-0.3, -0.25) is 9.59 Å². The fourth-order valence-electron chi connectivity index (χ4n) is 3.64. The Morgan fingerprint density at radius 1 is 1.00 bits per heavy atom. The third-order valence-corrected chi connectivity index (χ3v) is 7.11. The summed E-state index contributed by atoms with van der Waals surface area (Å²) >= 11 is 0. The lowest BCUT2D eigenvalue weighted by atomic mass is 10.2. The van der Waals surface area contributed by atoms with Crippen molar-refractivity contribution in [1.29, 1.82) is 0 Å². The van der Waals surface area contributed by atoms with Crippen molar-refractivity contribution in [1.82, 2.24) is 4.57 Å². The molecule has 0 saturated carbocycles. The van der Waals surface area contributed by atoms with E-state index in [1.54, 1.807) is 24.3 Å². The number of nitrogens with zero attached hydrogens (tertiary/aromatic N) is 1. The summed E-state index contributed by atoms with van der Waals surface area (Å²) in [6, 6.07) is 15.7. The van der Waals surface area contributed by atoms with Gasteiger partial charge in [-0.15, -0.1) is 0 Å². The summed E-state index contributed by atoms with van der Waals surface area (Å²) in [7, 11) is -1.29. The highest BCUT2D eigenvalue weighted by molar-refractivity contribution is 7.91. The van der Waals surface area contributed by atoms with Crippen LogP contribution in [-0.4, -0.2) is 33.1 Å². The van der Waals surface area contributed by atoms with Gasteiger partial charge in [0.2, 0.25) is 21.2 Å². The summed E-state index contributed by atoms with van der Waals surface area (Å²) in [6.07, 6.45) is 1.11. The minimum absolute atomic E-state index is 0.0909. The maximum Gasteiger partial charge on any atom is 0.244 e. The maximum absolute atomic E-state index is 14.0. The quantitative estimate of drug-likeness (QED) is 0.419. The van der Waals surface area contributed by atoms with E-state index in [2.05, 4.69) is 5.32 Å². The Hall–Kier alpha value is -4.18. The van der Waals surface area contributed by atoms with Crippen molar-refractivity contribution in [3.63, 3.8) is 0 Å². The molecule has 3 aromatic carbocycles. The zero-order chi connectivity index (χ0) is 25.2. The van der Waals surface area contributed by atoms with Crippen LogP contribution in [0.4, 0.5) is 10.1 Å². The van der Waals surface area contributed by atoms with Crippen LogP contribution in [0.1, 0.15) is 0 Å². The van der Waals surface area contributed by atoms with Crippen molar-refractivity contribution in [2.24, 2.45) is 0 Å². The third-order valence-electron chi connectivity index (χ3n) is 5.35. The van der Waals surface area contributed by atoms with Gasteiger partial charge in [-0.1, -0.05) is 18.2 Å². The molecule has 0 spiro atoms. The summed E-state index contributed by atoms with van der Waals surface area (Å²) in [4.78, 5) is 25.3. The second-order valence-electron chi connectivity index (χ2n) is 7.54. The van der Waals surface area contributed by atoms with Gasteiger partial charge in [0, 0.05) is 17.6 Å². The first kappa shape index (κ1) is 24.0. The SMILES string of the molecule is COc1ccc(NC(=O)Cn2cc(S(=O)(=O)c3ccccc3)c(=O)c3cc(F)ccc32)c(OC)c1. The number of nitrogens with one attached hydrogen (secondary N) is 1. The molecule has 180 valence electrons. The Kier molecular flexibility index (Phi) is 6.57. The molecule has 8 nitrogen and oxygen atoms in total. The number of anilines is 1. The molecule has 0 unspecified atom stereocenters. The van der Waals surface area contributed by atoms with Gasteiger partial charge >= 0.3 is 0 Å². The van der Waals surface area contributed by atoms with E-state index in [9.17, 15) is 22.4 Å². The molecule has 1 aromatic heterocycles. The Bertz CT molecular complexity index is 1580. The molecule has 4 rings (SSSR count). The summed E-state index contributed by atoms with van der Waals surface area (Å²) in [5, 5.41) is 2.54. The molecule has 0 bridgehead atoms. The summed E-state index contributed by atoms with van der Waals surface area (Å²) < 4.78 is 52.2. The number of fused-ring (bicyclic) bond motifs is 1. The molecule has 10 heteroatoms. The predicted molar refractivity (Wildman–Crippen MR) is 128 cm³/mol. The number of benzene rings is 3. The van der Waals surface area contributed by atoms with Crippen molar-refractivity contribution in [2.45, 2.75) is 16.3 Å². The number of amides is 1. The summed E-state index contributed by atoms with van der Waals surface area (Å²) in [5.74, 6) is -0.338. The highest BCUT2D eigenvalue weighted by Crippen LogP contribution is 2.29. The summed E-state index contributed by atoms with van der Waals surface area (Å²) in [5.41, 5.74) is -0.274. The molecular formula is C25H21FN2O6S. The first-order valence-electron chi connectivity index (χ1n) is 10.4. The van der Waals surface area contributed by atoms with Gasteiger partial charge in [0.1, 0.15) is 28.8 Å². The Morgan fingerprint density at radius 2 is 1.74 bits per heavy atom. The van der Waals surface area contributed by atoms with Gasteiger partial charge in [0.15, 0.2) is 0 Å². The van der Waals surface area contributed by atoms with Crippen LogP contribution < -0.4 is 20.2 Å². The maximum atomic E-state index is 14.0. The number of carbonyl (C=O) groups excluding carboxylic acids is 1. The van der Waals surface area contributed by atoms with Gasteiger partial charge < -0.3 is 19.4 Å². The van der Waals surface area contributed by atoms with Crippen LogP contribution in [0.3, 0.4) is 0 Å². The van der Waals surface area contributed by atoms with Crippen LogP contribution >= 0.6 is 0 Å². The number of pyridine rings is 1. The standard InChI is InChI=1S/C25H21FN2O6S/c1-33-17-9-10-20(22(13-17)34-2)27-24(29)15-28-14-23(35(31,32)18-6-4-3-5-7-18)25(30)19-12-16(26)8-11-21(19)28/h3-14H,15H2,1-2H3,(H,27,29). The second kappa shape index (κ2) is 9.59. The van der Waals surface area contributed by atoms with E-state index in [0.717, 1.165) is 18.3 Å². The van der Waals surface area contributed by atoms with Gasteiger partial charge in [0.05, 0.1) is 30.3 Å². The molecule has 0 aliphatic carbocycles. The van der Waals surface area contributed by atoms with E-state index in [1.807, 2.05) is 0 Å². The van der Waals surface area contributed by atoms with Crippen molar-refractivity contribution in [2.75, 3.05) is 19.5 Å². The van der Waals surface area contributed by atoms with Gasteiger partial charge in [-0.2, -0.15) is 0 Å². The lowest BCUT2D eigenvalue weighted by Gasteiger charge is -2.15. The number of sulfone groups is 1. The minimum atomic E-state index is -4.23. The number of hydrogen-bond donors (Lipinski definition) is 1. The molecule has 1 heterocycles. The number of ether oxygens (including phenoxy) is 2. The van der Waals surface area contributed by atoms with E-state index in [0.29, 0.717) is 17.2 Å². The number of methoxy groups -OCH3 is 2. The Morgan fingerprint density at radius 3 is 2.43 bits per heavy atom. The Balaban J connectivity index is 1.79. The molecule has 0 atom stereocenters. The zero-order valence-electron chi connectivity index (χ0n) is 18.8. The van der Waals surface area contributed by atoms with E-state index in [4.69, 9.17) is 9.47 Å². The summed E-state index contributed by atoms with van der Waals surface area (Å²) in [6.45, 7) is -0.352. The molecule has 4 aromatic rings. The predicted octanol–water partition coefficient (Wildman–Crippen LogP) is 3.63. The van der Waals surface area contributed by atoms with E-state index >= 15 is 0 Å². The van der Waals surface area contributed by atoms with Gasteiger partial charge in [-0.25, -0.2) is 12.8 Å². The smallest absolute Gasteiger partial charge is 0.244 e. The van der Waals surface area contributed by atoms with Gasteiger partial charge in [-0.05, 0) is 42.5 Å². The first-order valence-corrected chi connectivity index (χ1v) is 11.9. The van der Waals surface area contributed by atoms with Crippen molar-refractivity contribution in [3.8, 4) is 11.5 Å². The second-order valence-corrected chi connectivity index (χ2v) is 9.46. The molecule has 0 fully saturated rings. The minimum Gasteiger partial charge on any atom is -0.497 e. The van der Waals surface area contributed by atoms with Crippen LogP contribution in [0.5, 0.6) is 11.5 Å². The molecule has 0 aliphatic heterocycles. The largest absolute Gasteiger partial charge is 0.497 e. The van der Waals surface area contributed by atoms with Crippen LogP contribution in [-0.2, 0) is 21.2 Å². The third kappa shape index (κ3) is 4.73. The first-order chi connectivity index (χ1) is 16.7. The van der Waals surface area contributed by atoms with E-state index < -0.39 is 31.9 Å². The van der Waals surface area contributed by atoms with Crippen LogP contribution in [0.15, 0.2) is 87.5 Å². The topological polar surface area (TPSA) is 104 Å². The average Bonchev–Trinajstić information content (AvgIpc) is 2.86. The Labute approximate surface area is 200 Å². The fraction of sp³-hybridized carbons (Fsp3) is 0.120. The normalized spacial score (nSPS) is 11.3. The molecule has 1 amide bonds. The zero-order valence-corrected chi connectivity index (χ0v) is 19.6. The molecular weight excluding hydrogens is 475 g/mol. The molecule has 1 N–H and O–H groups in total.